The first-order valence-electron chi connectivity index (χ1n) is 6.12. The van der Waals surface area contributed by atoms with Gasteiger partial charge in [0.05, 0.1) is 6.54 Å². The van der Waals surface area contributed by atoms with Gasteiger partial charge in [-0.05, 0) is 37.1 Å². The van der Waals surface area contributed by atoms with Gasteiger partial charge in [-0.2, -0.15) is 0 Å². The van der Waals surface area contributed by atoms with Gasteiger partial charge in [0.15, 0.2) is 0 Å². The Hall–Kier alpha value is -2.37. The zero-order valence-corrected chi connectivity index (χ0v) is 10.6. The van der Waals surface area contributed by atoms with Gasteiger partial charge in [-0.3, -0.25) is 4.79 Å². The maximum Gasteiger partial charge on any atom is 0.227 e. The molecule has 3 rings (SSSR count). The molecule has 98 valence electrons. The van der Waals surface area contributed by atoms with Gasteiger partial charge in [0.25, 0.3) is 0 Å². The lowest BCUT2D eigenvalue weighted by molar-refractivity contribution is -0.119. The van der Waals surface area contributed by atoms with E-state index >= 15 is 0 Å². The lowest BCUT2D eigenvalue weighted by Crippen LogP contribution is -2.34. The molecular weight excluding hydrogens is 244 g/mol. The smallest absolute Gasteiger partial charge is 0.227 e. The number of rotatable bonds is 2. The standard InChI is InChI=1S/C13H14N4O2/c1-8-11(16-19-15-8)7-17-12-4-3-10(14)6-9(12)2-5-13(17)18/h3-4,6H,2,5,7,14H2,1H3. The molecule has 1 aliphatic heterocycles. The Bertz CT molecular complexity index is 635. The van der Waals surface area contributed by atoms with Gasteiger partial charge in [0.1, 0.15) is 11.4 Å². The van der Waals surface area contributed by atoms with Gasteiger partial charge in [-0.15, -0.1) is 0 Å². The van der Waals surface area contributed by atoms with E-state index in [4.69, 9.17) is 5.73 Å². The second kappa shape index (κ2) is 4.38. The Kier molecular flexibility index (Phi) is 2.70. The molecule has 0 saturated carbocycles. The van der Waals surface area contributed by atoms with E-state index in [1.807, 2.05) is 19.1 Å². The van der Waals surface area contributed by atoms with Crippen LogP contribution in [0.4, 0.5) is 11.4 Å². The van der Waals surface area contributed by atoms with Crippen molar-refractivity contribution in [3.63, 3.8) is 0 Å². The van der Waals surface area contributed by atoms with Gasteiger partial charge in [-0.25, -0.2) is 4.63 Å². The second-order valence-corrected chi connectivity index (χ2v) is 4.66. The van der Waals surface area contributed by atoms with E-state index in [2.05, 4.69) is 14.9 Å². The van der Waals surface area contributed by atoms with Crippen molar-refractivity contribution in [2.45, 2.75) is 26.3 Å². The average Bonchev–Trinajstić information content (AvgIpc) is 2.78. The molecule has 19 heavy (non-hydrogen) atoms. The minimum absolute atomic E-state index is 0.0830. The molecule has 0 aliphatic carbocycles. The molecule has 1 aromatic heterocycles. The number of anilines is 2. The lowest BCUT2D eigenvalue weighted by atomic mass is 10.00. The summed E-state index contributed by atoms with van der Waals surface area (Å²) in [4.78, 5) is 13.8. The fraction of sp³-hybridized carbons (Fsp3) is 0.308. The van der Waals surface area contributed by atoms with Crippen LogP contribution in [0, 0.1) is 6.92 Å². The molecule has 0 radical (unpaired) electrons. The minimum Gasteiger partial charge on any atom is -0.399 e. The number of hydrogen-bond acceptors (Lipinski definition) is 5. The lowest BCUT2D eigenvalue weighted by Gasteiger charge is -2.29. The van der Waals surface area contributed by atoms with Crippen LogP contribution in [-0.4, -0.2) is 16.2 Å². The Morgan fingerprint density at radius 1 is 1.37 bits per heavy atom. The molecule has 0 saturated heterocycles. The van der Waals surface area contributed by atoms with Gasteiger partial charge >= 0.3 is 0 Å². The third-order valence-corrected chi connectivity index (χ3v) is 3.36. The van der Waals surface area contributed by atoms with E-state index in [1.54, 1.807) is 11.0 Å². The third kappa shape index (κ3) is 2.05. The topological polar surface area (TPSA) is 85.2 Å². The number of aryl methyl sites for hydroxylation is 2. The molecule has 0 bridgehead atoms. The Morgan fingerprint density at radius 2 is 2.21 bits per heavy atom. The normalized spacial score (nSPS) is 14.6. The maximum atomic E-state index is 12.1. The fourth-order valence-electron chi connectivity index (χ4n) is 2.30. The second-order valence-electron chi connectivity index (χ2n) is 4.66. The number of nitrogens with two attached hydrogens (primary N) is 1. The average molecular weight is 258 g/mol. The molecule has 0 fully saturated rings. The first-order chi connectivity index (χ1) is 9.15. The van der Waals surface area contributed by atoms with Crippen LogP contribution >= 0.6 is 0 Å². The van der Waals surface area contributed by atoms with Crippen LogP contribution in [0.3, 0.4) is 0 Å². The molecule has 1 amide bonds. The molecule has 1 aromatic carbocycles. The first kappa shape index (κ1) is 11.7. The van der Waals surface area contributed by atoms with Gasteiger partial charge in [0, 0.05) is 17.8 Å². The quantitative estimate of drug-likeness (QED) is 0.824. The van der Waals surface area contributed by atoms with E-state index in [0.29, 0.717) is 30.0 Å². The van der Waals surface area contributed by atoms with E-state index < -0.39 is 0 Å². The number of carbonyl (C=O) groups excluding carboxylic acids is 1. The molecule has 0 atom stereocenters. The molecular formula is C13H14N4O2. The zero-order valence-electron chi connectivity index (χ0n) is 10.6. The Balaban J connectivity index is 1.97. The van der Waals surface area contributed by atoms with Crippen LogP contribution < -0.4 is 10.6 Å². The van der Waals surface area contributed by atoms with Crippen LogP contribution in [-0.2, 0) is 17.8 Å². The zero-order chi connectivity index (χ0) is 13.4. The number of hydrogen-bond donors (Lipinski definition) is 1. The van der Waals surface area contributed by atoms with Crippen LogP contribution in [0.5, 0.6) is 0 Å². The molecule has 0 unspecified atom stereocenters. The summed E-state index contributed by atoms with van der Waals surface area (Å²) in [6.07, 6.45) is 1.21. The van der Waals surface area contributed by atoms with Crippen molar-refractivity contribution in [2.75, 3.05) is 10.6 Å². The fourth-order valence-corrected chi connectivity index (χ4v) is 2.30. The van der Waals surface area contributed by atoms with Crippen LogP contribution in [0.1, 0.15) is 23.4 Å². The SMILES string of the molecule is Cc1nonc1CN1C(=O)CCc2cc(N)ccc21. The van der Waals surface area contributed by atoms with E-state index in [0.717, 1.165) is 17.7 Å². The maximum absolute atomic E-state index is 12.1. The largest absolute Gasteiger partial charge is 0.399 e. The molecule has 6 nitrogen and oxygen atoms in total. The predicted octanol–water partition coefficient (Wildman–Crippen LogP) is 1.44. The van der Waals surface area contributed by atoms with Crippen molar-refractivity contribution >= 4 is 17.3 Å². The highest BCUT2D eigenvalue weighted by Crippen LogP contribution is 2.30. The van der Waals surface area contributed by atoms with Crippen molar-refractivity contribution in [1.82, 2.24) is 10.3 Å². The number of aromatic nitrogens is 2. The number of nitrogens with zero attached hydrogens (tertiary/aromatic N) is 3. The number of nitrogen functional groups attached to an aromatic ring is 1. The number of amides is 1. The van der Waals surface area contributed by atoms with Gasteiger partial charge < -0.3 is 10.6 Å². The Morgan fingerprint density at radius 3 is 2.95 bits per heavy atom. The predicted molar refractivity (Wildman–Crippen MR) is 69.4 cm³/mol. The molecule has 1 aliphatic rings. The summed E-state index contributed by atoms with van der Waals surface area (Å²) in [6.45, 7) is 2.19. The van der Waals surface area contributed by atoms with Crippen molar-refractivity contribution in [2.24, 2.45) is 0 Å². The summed E-state index contributed by atoms with van der Waals surface area (Å²) in [5.41, 5.74) is 9.87. The first-order valence-corrected chi connectivity index (χ1v) is 6.12. The molecule has 0 spiro atoms. The summed E-state index contributed by atoms with van der Waals surface area (Å²) in [7, 11) is 0. The number of fused-ring (bicyclic) bond motifs is 1. The van der Waals surface area contributed by atoms with Crippen molar-refractivity contribution in [1.29, 1.82) is 0 Å². The Labute approximate surface area is 110 Å². The highest BCUT2D eigenvalue weighted by atomic mass is 16.6. The van der Waals surface area contributed by atoms with Crippen molar-refractivity contribution in [3.05, 3.63) is 35.2 Å². The highest BCUT2D eigenvalue weighted by Gasteiger charge is 2.25. The van der Waals surface area contributed by atoms with Gasteiger partial charge in [-0.1, -0.05) is 10.3 Å². The van der Waals surface area contributed by atoms with Crippen molar-refractivity contribution in [3.8, 4) is 0 Å². The van der Waals surface area contributed by atoms with Crippen LogP contribution in [0.15, 0.2) is 22.8 Å². The molecule has 6 heteroatoms. The van der Waals surface area contributed by atoms with Crippen LogP contribution in [0.25, 0.3) is 0 Å². The van der Waals surface area contributed by atoms with Crippen molar-refractivity contribution < 1.29 is 9.42 Å². The summed E-state index contributed by atoms with van der Waals surface area (Å²) in [6, 6.07) is 5.60. The van der Waals surface area contributed by atoms with Crippen LogP contribution in [0.2, 0.25) is 0 Å². The van der Waals surface area contributed by atoms with Gasteiger partial charge in [0.2, 0.25) is 5.91 Å². The third-order valence-electron chi connectivity index (χ3n) is 3.36. The molecule has 2 N–H and O–H groups in total. The highest BCUT2D eigenvalue weighted by molar-refractivity contribution is 5.96. The molecule has 2 heterocycles. The minimum atomic E-state index is 0.0830. The summed E-state index contributed by atoms with van der Waals surface area (Å²) in [5.74, 6) is 0.0830. The monoisotopic (exact) mass is 258 g/mol. The summed E-state index contributed by atoms with van der Waals surface area (Å²) < 4.78 is 4.67. The molecule has 2 aromatic rings. The number of benzene rings is 1. The van der Waals surface area contributed by atoms with E-state index in [1.165, 1.54) is 0 Å². The van der Waals surface area contributed by atoms with E-state index in [9.17, 15) is 4.79 Å². The number of carbonyl (C=O) groups is 1. The summed E-state index contributed by atoms with van der Waals surface area (Å²) in [5, 5.41) is 7.56. The van der Waals surface area contributed by atoms with E-state index in [-0.39, 0.29) is 5.91 Å². The summed E-state index contributed by atoms with van der Waals surface area (Å²) >= 11 is 0.